The van der Waals surface area contributed by atoms with Crippen molar-refractivity contribution in [3.05, 3.63) is 28.3 Å². The Hall–Kier alpha value is -1.41. The molecule has 22 heavy (non-hydrogen) atoms. The highest BCUT2D eigenvalue weighted by Crippen LogP contribution is 2.30. The second-order valence-corrected chi connectivity index (χ2v) is 6.45. The molecule has 0 spiro atoms. The van der Waals surface area contributed by atoms with E-state index in [1.54, 1.807) is 6.07 Å². The molecule has 0 aliphatic rings. The maximum atomic E-state index is 12.2. The Balaban J connectivity index is 3.16. The second-order valence-electron chi connectivity index (χ2n) is 4.88. The Morgan fingerprint density at radius 3 is 2.18 bits per heavy atom. The normalized spacial score (nSPS) is 11.3. The highest BCUT2D eigenvalue weighted by atomic mass is 32.2. The topological polar surface area (TPSA) is 101 Å². The molecule has 0 amide bonds. The monoisotopic (exact) mass is 324 g/mol. The minimum Gasteiger partial charge on any atom is -0.507 e. The molecule has 1 aromatic carbocycles. The molecule has 6 nitrogen and oxygen atoms in total. The lowest BCUT2D eigenvalue weighted by molar-refractivity contribution is 0.0525. The summed E-state index contributed by atoms with van der Waals surface area (Å²) in [4.78, 5) is 12.2. The zero-order chi connectivity index (χ0) is 16.9. The number of phenols is 1. The van der Waals surface area contributed by atoms with Crippen molar-refractivity contribution in [2.24, 2.45) is 0 Å². The largest absolute Gasteiger partial charge is 0.507 e. The minimum absolute atomic E-state index is 0.0870. The first kappa shape index (κ1) is 18.6. The van der Waals surface area contributed by atoms with Gasteiger partial charge in [0.25, 0.3) is 10.1 Å². The number of rotatable bonds is 7. The summed E-state index contributed by atoms with van der Waals surface area (Å²) in [6.07, 6.45) is 1.68. The van der Waals surface area contributed by atoms with Crippen molar-refractivity contribution >= 4 is 39.6 Å². The molecule has 0 unspecified atom stereocenters. The van der Waals surface area contributed by atoms with Gasteiger partial charge in [-0.15, -0.1) is 0 Å². The van der Waals surface area contributed by atoms with Crippen LogP contribution in [0, 0.1) is 0 Å². The fourth-order valence-electron chi connectivity index (χ4n) is 2.32. The van der Waals surface area contributed by atoms with E-state index in [-0.39, 0.29) is 11.3 Å². The molecular formula is C12H19B3O6S. The minimum atomic E-state index is -4.18. The summed E-state index contributed by atoms with van der Waals surface area (Å²) in [5.41, 5.74) is 2.31. The van der Waals surface area contributed by atoms with Crippen LogP contribution in [-0.2, 0) is 33.8 Å². The van der Waals surface area contributed by atoms with Crippen LogP contribution in [0.4, 0.5) is 0 Å². The molecule has 118 valence electrons. The first-order valence-electron chi connectivity index (χ1n) is 7.23. The van der Waals surface area contributed by atoms with E-state index in [9.17, 15) is 18.3 Å². The van der Waals surface area contributed by atoms with E-state index < -0.39 is 28.4 Å². The molecule has 1 aromatic rings. The van der Waals surface area contributed by atoms with Crippen LogP contribution in [0.25, 0.3) is 0 Å². The number of carbonyl (C=O) groups excluding carboxylic acids is 1. The smallest absolute Gasteiger partial charge is 0.338 e. The molecule has 0 heterocycles. The number of benzene rings is 1. The van der Waals surface area contributed by atoms with Crippen molar-refractivity contribution < 1.29 is 27.6 Å². The molecule has 0 aliphatic heterocycles. The summed E-state index contributed by atoms with van der Waals surface area (Å²) in [6, 6.07) is 1.77. The van der Waals surface area contributed by atoms with Gasteiger partial charge in [0.15, 0.2) is 0 Å². The maximum absolute atomic E-state index is 12.2. The molecular weight excluding hydrogens is 305 g/mol. The summed E-state index contributed by atoms with van der Waals surface area (Å²) in [7, 11) is 1.45. The van der Waals surface area contributed by atoms with Gasteiger partial charge in [-0.3, -0.25) is 4.55 Å². The predicted octanol–water partition coefficient (Wildman–Crippen LogP) is -2.16. The molecule has 0 radical (unpaired) electrons. The molecule has 0 aromatic heterocycles. The molecule has 2 N–H and O–H groups in total. The summed E-state index contributed by atoms with van der Waals surface area (Å²) in [5, 5.41) is 10.2. The molecule has 0 fully saturated rings. The van der Waals surface area contributed by atoms with E-state index in [1.807, 2.05) is 23.5 Å². The predicted molar refractivity (Wildman–Crippen MR) is 91.5 cm³/mol. The van der Waals surface area contributed by atoms with E-state index in [2.05, 4.69) is 0 Å². The van der Waals surface area contributed by atoms with Gasteiger partial charge in [0.1, 0.15) is 41.6 Å². The van der Waals surface area contributed by atoms with Crippen molar-refractivity contribution in [2.45, 2.75) is 19.0 Å². The van der Waals surface area contributed by atoms with Gasteiger partial charge in [-0.1, -0.05) is 25.0 Å². The van der Waals surface area contributed by atoms with Crippen LogP contribution in [0.1, 0.15) is 27.0 Å². The van der Waals surface area contributed by atoms with Crippen molar-refractivity contribution in [3.8, 4) is 5.75 Å². The van der Waals surface area contributed by atoms with Crippen molar-refractivity contribution in [3.63, 3.8) is 0 Å². The van der Waals surface area contributed by atoms with Gasteiger partial charge in [-0.2, -0.15) is 8.42 Å². The SMILES string of the molecule is BCc1cc(CB)c(C(=O)OCCS(=O)(=O)O)c(CB)c1O. The van der Waals surface area contributed by atoms with Gasteiger partial charge in [0.2, 0.25) is 0 Å². The lowest BCUT2D eigenvalue weighted by atomic mass is 9.81. The van der Waals surface area contributed by atoms with Gasteiger partial charge in [-0.25, -0.2) is 4.79 Å². The highest BCUT2D eigenvalue weighted by Gasteiger charge is 2.22. The van der Waals surface area contributed by atoms with Crippen LogP contribution >= 0.6 is 0 Å². The Bertz CT molecular complexity index is 659. The number of hydrogen-bond donors (Lipinski definition) is 2. The van der Waals surface area contributed by atoms with Gasteiger partial charge in [0.05, 0.1) is 5.56 Å². The first-order valence-corrected chi connectivity index (χ1v) is 8.84. The van der Waals surface area contributed by atoms with Gasteiger partial charge >= 0.3 is 5.97 Å². The average Bonchev–Trinajstić information content (AvgIpc) is 2.45. The molecule has 10 heteroatoms. The Labute approximate surface area is 133 Å². The van der Waals surface area contributed by atoms with Crippen LogP contribution in [0.2, 0.25) is 0 Å². The summed E-state index contributed by atoms with van der Waals surface area (Å²) < 4.78 is 34.9. The number of esters is 1. The number of ether oxygens (including phenoxy) is 1. The van der Waals surface area contributed by atoms with E-state index >= 15 is 0 Å². The van der Waals surface area contributed by atoms with Crippen LogP contribution in [-0.4, -0.2) is 59.9 Å². The molecule has 1 rings (SSSR count). The van der Waals surface area contributed by atoms with Crippen molar-refractivity contribution in [1.82, 2.24) is 0 Å². The lowest BCUT2D eigenvalue weighted by Gasteiger charge is -2.17. The Morgan fingerprint density at radius 2 is 1.73 bits per heavy atom. The number of phenolic OH excluding ortho intramolecular Hbond substituents is 1. The quantitative estimate of drug-likeness (QED) is 0.337. The third-order valence-electron chi connectivity index (χ3n) is 3.46. The Kier molecular flexibility index (Phi) is 6.56. The molecule has 0 aliphatic carbocycles. The maximum Gasteiger partial charge on any atom is 0.338 e. The standard InChI is InChI=1S/C12H19B3O6S/c13-4-7-3-8(5-14)11(16)9(6-15)10(7)12(17)21-1-2-22(18,19)20/h3,16H,1-2,4-6,13-15H2,(H,18,19,20). The van der Waals surface area contributed by atoms with Crippen LogP contribution < -0.4 is 0 Å². The molecule has 0 saturated carbocycles. The summed E-state index contributed by atoms with van der Waals surface area (Å²) in [6.45, 7) is -0.430. The number of hydrogen-bond acceptors (Lipinski definition) is 5. The zero-order valence-corrected chi connectivity index (χ0v) is 13.9. The lowest BCUT2D eigenvalue weighted by Crippen LogP contribution is -2.18. The van der Waals surface area contributed by atoms with Crippen molar-refractivity contribution in [1.29, 1.82) is 0 Å². The molecule has 0 saturated heterocycles. The fourth-order valence-corrected chi connectivity index (χ4v) is 2.61. The summed E-state index contributed by atoms with van der Waals surface area (Å²) >= 11 is 0. The zero-order valence-electron chi connectivity index (χ0n) is 13.0. The molecule has 0 bridgehead atoms. The van der Waals surface area contributed by atoms with Crippen LogP contribution in [0.15, 0.2) is 6.07 Å². The first-order chi connectivity index (χ1) is 10.2. The van der Waals surface area contributed by atoms with E-state index in [0.717, 1.165) is 11.1 Å². The third-order valence-corrected chi connectivity index (χ3v) is 4.14. The van der Waals surface area contributed by atoms with E-state index in [0.29, 0.717) is 24.5 Å². The highest BCUT2D eigenvalue weighted by molar-refractivity contribution is 7.85. The fraction of sp³-hybridized carbons (Fsp3) is 0.417. The Morgan fingerprint density at radius 1 is 1.14 bits per heavy atom. The van der Waals surface area contributed by atoms with Gasteiger partial charge in [-0.05, 0) is 11.1 Å². The number of aromatic hydroxyl groups is 1. The third kappa shape index (κ3) is 4.54. The van der Waals surface area contributed by atoms with E-state index in [1.165, 1.54) is 0 Å². The van der Waals surface area contributed by atoms with Gasteiger partial charge < -0.3 is 9.84 Å². The number of carbonyl (C=O) groups is 1. The van der Waals surface area contributed by atoms with E-state index in [4.69, 9.17) is 9.29 Å². The van der Waals surface area contributed by atoms with Gasteiger partial charge in [0, 0.05) is 5.56 Å². The molecule has 0 atom stereocenters. The average molecular weight is 324 g/mol. The van der Waals surface area contributed by atoms with Crippen molar-refractivity contribution in [2.75, 3.05) is 12.4 Å². The summed E-state index contributed by atoms with van der Waals surface area (Å²) in [5.74, 6) is -1.25. The second kappa shape index (κ2) is 7.74. The van der Waals surface area contributed by atoms with Crippen LogP contribution in [0.5, 0.6) is 5.75 Å². The van der Waals surface area contributed by atoms with Crippen LogP contribution in [0.3, 0.4) is 0 Å².